The lowest BCUT2D eigenvalue weighted by atomic mass is 10.1. The number of nitrogens with one attached hydrogen (secondary N) is 1. The van der Waals surface area contributed by atoms with Crippen LogP contribution < -0.4 is 10.1 Å². The number of anilines is 1. The van der Waals surface area contributed by atoms with Gasteiger partial charge in [-0.15, -0.1) is 0 Å². The maximum absolute atomic E-state index is 13.5. The first-order valence-electron chi connectivity index (χ1n) is 10.7. The molecule has 8 nitrogen and oxygen atoms in total. The number of methoxy groups -OCH3 is 1. The molecule has 0 saturated heterocycles. The average molecular weight is 469 g/mol. The molecule has 3 aromatic carbocycles. The van der Waals surface area contributed by atoms with Crippen LogP contribution in [0.25, 0.3) is 23.0 Å². The van der Waals surface area contributed by atoms with Crippen LogP contribution in [0, 0.1) is 5.82 Å². The fourth-order valence-electron chi connectivity index (χ4n) is 3.56. The molecule has 0 aliphatic carbocycles. The Bertz CT molecular complexity index is 1480. The zero-order valence-corrected chi connectivity index (χ0v) is 18.7. The number of para-hydroxylation sites is 1. The lowest BCUT2D eigenvalue weighted by Crippen LogP contribution is -2.13. The summed E-state index contributed by atoms with van der Waals surface area (Å²) in [6.07, 6.45) is 3.46. The molecule has 0 spiro atoms. The van der Waals surface area contributed by atoms with Crippen LogP contribution in [0.2, 0.25) is 0 Å². The van der Waals surface area contributed by atoms with E-state index in [-0.39, 0.29) is 17.6 Å². The van der Waals surface area contributed by atoms with Crippen LogP contribution in [0.15, 0.2) is 89.8 Å². The smallest absolute Gasteiger partial charge is 0.278 e. The zero-order valence-electron chi connectivity index (χ0n) is 18.7. The summed E-state index contributed by atoms with van der Waals surface area (Å²) >= 11 is 0. The molecule has 1 amide bonds. The van der Waals surface area contributed by atoms with Crippen molar-refractivity contribution in [1.29, 1.82) is 0 Å². The van der Waals surface area contributed by atoms with Crippen molar-refractivity contribution < 1.29 is 18.4 Å². The molecule has 0 radical (unpaired) electrons. The van der Waals surface area contributed by atoms with E-state index in [0.717, 1.165) is 5.56 Å². The minimum absolute atomic E-state index is 0.244. The second-order valence-corrected chi connectivity index (χ2v) is 7.72. The van der Waals surface area contributed by atoms with Gasteiger partial charge < -0.3 is 19.1 Å². The average Bonchev–Trinajstić information content (AvgIpc) is 3.55. The Kier molecular flexibility index (Phi) is 6.04. The van der Waals surface area contributed by atoms with Gasteiger partial charge in [-0.25, -0.2) is 9.37 Å². The van der Waals surface area contributed by atoms with E-state index < -0.39 is 0 Å². The van der Waals surface area contributed by atoms with Crippen molar-refractivity contribution in [3.8, 4) is 28.7 Å². The third-order valence-electron chi connectivity index (χ3n) is 5.29. The maximum Gasteiger partial charge on any atom is 0.278 e. The predicted molar refractivity (Wildman–Crippen MR) is 127 cm³/mol. The number of amides is 1. The lowest BCUT2D eigenvalue weighted by molar-refractivity contribution is 0.102. The Balaban J connectivity index is 1.24. The minimum Gasteiger partial charge on any atom is -0.496 e. The number of hydrogen-bond acceptors (Lipinski definition) is 6. The minimum atomic E-state index is -0.372. The molecular weight excluding hydrogens is 449 g/mol. The Labute approximate surface area is 200 Å². The molecule has 2 aromatic heterocycles. The zero-order chi connectivity index (χ0) is 24.2. The number of rotatable bonds is 7. The second kappa shape index (κ2) is 9.60. The van der Waals surface area contributed by atoms with E-state index in [4.69, 9.17) is 9.26 Å². The van der Waals surface area contributed by atoms with Gasteiger partial charge in [-0.05, 0) is 42.0 Å². The summed E-state index contributed by atoms with van der Waals surface area (Å²) in [4.78, 5) is 21.2. The van der Waals surface area contributed by atoms with Crippen molar-refractivity contribution in [1.82, 2.24) is 19.7 Å². The van der Waals surface area contributed by atoms with Gasteiger partial charge in [-0.3, -0.25) is 4.79 Å². The number of nitrogens with zero attached hydrogens (tertiary/aromatic N) is 4. The van der Waals surface area contributed by atoms with Gasteiger partial charge in [0.15, 0.2) is 0 Å². The Hall–Kier alpha value is -4.79. The molecule has 2 heterocycles. The van der Waals surface area contributed by atoms with Gasteiger partial charge in [0.05, 0.1) is 19.0 Å². The molecule has 0 aliphatic heterocycles. The van der Waals surface area contributed by atoms with Crippen LogP contribution in [-0.2, 0) is 6.54 Å². The van der Waals surface area contributed by atoms with Gasteiger partial charge in [0.25, 0.3) is 11.8 Å². The number of carbonyl (C=O) groups excluding carboxylic acids is 1. The highest BCUT2D eigenvalue weighted by molar-refractivity contribution is 6.06. The maximum atomic E-state index is 13.5. The molecule has 0 saturated carbocycles. The Morgan fingerprint density at radius 2 is 1.91 bits per heavy atom. The van der Waals surface area contributed by atoms with E-state index in [1.54, 1.807) is 42.9 Å². The van der Waals surface area contributed by atoms with E-state index in [9.17, 15) is 9.18 Å². The fourth-order valence-corrected chi connectivity index (χ4v) is 3.56. The third kappa shape index (κ3) is 4.93. The van der Waals surface area contributed by atoms with Crippen molar-refractivity contribution in [3.63, 3.8) is 0 Å². The van der Waals surface area contributed by atoms with Gasteiger partial charge in [-0.2, -0.15) is 4.98 Å². The Morgan fingerprint density at radius 1 is 1.09 bits per heavy atom. The molecular formula is C26H20FN5O3. The fraction of sp³-hybridized carbons (Fsp3) is 0.0769. The van der Waals surface area contributed by atoms with E-state index in [2.05, 4.69) is 20.4 Å². The summed E-state index contributed by atoms with van der Waals surface area (Å²) in [5.74, 6) is 0.439. The third-order valence-corrected chi connectivity index (χ3v) is 5.29. The molecule has 5 rings (SSSR count). The van der Waals surface area contributed by atoms with Crippen LogP contribution in [0.4, 0.5) is 10.1 Å². The summed E-state index contributed by atoms with van der Waals surface area (Å²) in [7, 11) is 1.53. The highest BCUT2D eigenvalue weighted by atomic mass is 19.1. The van der Waals surface area contributed by atoms with E-state index in [0.29, 0.717) is 40.6 Å². The first-order valence-corrected chi connectivity index (χ1v) is 10.7. The molecule has 174 valence electrons. The second-order valence-electron chi connectivity index (χ2n) is 7.72. The SMILES string of the molecule is COc1ccccc1C(=O)Nc1ccc(Cn2cnc(-c3nc(-c4cccc(F)c4)no3)c2)cc1. The van der Waals surface area contributed by atoms with Crippen LogP contribution in [0.1, 0.15) is 15.9 Å². The number of halogens is 1. The number of benzene rings is 3. The largest absolute Gasteiger partial charge is 0.496 e. The monoisotopic (exact) mass is 469 g/mol. The van der Waals surface area contributed by atoms with E-state index >= 15 is 0 Å². The summed E-state index contributed by atoms with van der Waals surface area (Å²) in [6.45, 7) is 0.554. The predicted octanol–water partition coefficient (Wildman–Crippen LogP) is 5.05. The first-order chi connectivity index (χ1) is 17.1. The molecule has 35 heavy (non-hydrogen) atoms. The molecule has 0 atom stereocenters. The lowest BCUT2D eigenvalue weighted by Gasteiger charge is -2.10. The normalized spacial score (nSPS) is 10.8. The van der Waals surface area contributed by atoms with Crippen molar-refractivity contribution in [2.24, 2.45) is 0 Å². The molecule has 0 unspecified atom stereocenters. The van der Waals surface area contributed by atoms with Gasteiger partial charge in [0, 0.05) is 24.0 Å². The summed E-state index contributed by atoms with van der Waals surface area (Å²) in [5, 5.41) is 6.80. The number of ether oxygens (including phenoxy) is 1. The molecule has 5 aromatic rings. The summed E-state index contributed by atoms with van der Waals surface area (Å²) in [5.41, 5.74) is 3.19. The number of imidazole rings is 1. The van der Waals surface area contributed by atoms with Crippen LogP contribution >= 0.6 is 0 Å². The summed E-state index contributed by atoms with van der Waals surface area (Å²) in [6, 6.07) is 20.6. The topological polar surface area (TPSA) is 95.1 Å². The van der Waals surface area contributed by atoms with Crippen molar-refractivity contribution >= 4 is 11.6 Å². The van der Waals surface area contributed by atoms with Crippen LogP contribution in [0.5, 0.6) is 5.75 Å². The number of hydrogen-bond donors (Lipinski definition) is 1. The molecule has 1 N–H and O–H groups in total. The van der Waals surface area contributed by atoms with Crippen molar-refractivity contribution in [2.75, 3.05) is 12.4 Å². The number of carbonyl (C=O) groups is 1. The number of aromatic nitrogens is 4. The Morgan fingerprint density at radius 3 is 2.71 bits per heavy atom. The molecule has 9 heteroatoms. The van der Waals surface area contributed by atoms with Gasteiger partial charge in [-0.1, -0.05) is 41.6 Å². The van der Waals surface area contributed by atoms with Crippen LogP contribution in [-0.4, -0.2) is 32.7 Å². The van der Waals surface area contributed by atoms with Crippen molar-refractivity contribution in [3.05, 3.63) is 102 Å². The van der Waals surface area contributed by atoms with Crippen molar-refractivity contribution in [2.45, 2.75) is 6.54 Å². The molecule has 0 fully saturated rings. The molecule has 0 bridgehead atoms. The van der Waals surface area contributed by atoms with Gasteiger partial charge >= 0.3 is 0 Å². The van der Waals surface area contributed by atoms with E-state index in [1.165, 1.54) is 19.2 Å². The van der Waals surface area contributed by atoms with E-state index in [1.807, 2.05) is 34.9 Å². The molecule has 0 aliphatic rings. The van der Waals surface area contributed by atoms with Crippen LogP contribution in [0.3, 0.4) is 0 Å². The standard InChI is InChI=1S/C26H20FN5O3/c1-34-23-8-3-2-7-21(23)25(33)29-20-11-9-17(10-12-20)14-32-15-22(28-16-32)26-30-24(31-35-26)18-5-4-6-19(27)13-18/h2-13,15-16H,14H2,1H3,(H,29,33). The highest BCUT2D eigenvalue weighted by Crippen LogP contribution is 2.22. The van der Waals surface area contributed by atoms with Gasteiger partial charge in [0.2, 0.25) is 5.82 Å². The quantitative estimate of drug-likeness (QED) is 0.359. The first kappa shape index (κ1) is 22.0. The highest BCUT2D eigenvalue weighted by Gasteiger charge is 2.14. The van der Waals surface area contributed by atoms with Gasteiger partial charge in [0.1, 0.15) is 17.3 Å². The summed E-state index contributed by atoms with van der Waals surface area (Å²) < 4.78 is 25.9.